The number of Topliss-reactive ketones (excluding diaryl/α,β-unsaturated/α-hetero) is 1. The number of phenols is 2. The monoisotopic (exact) mass is 435 g/mol. The molecule has 3 rings (SSSR count). The molecule has 0 radical (unpaired) electrons. The highest BCUT2D eigenvalue weighted by Gasteiger charge is 2.33. The minimum atomic E-state index is -0.957. The van der Waals surface area contributed by atoms with Crippen LogP contribution in [0.4, 0.5) is 0 Å². The zero-order chi connectivity index (χ0) is 22.2. The fourth-order valence-corrected chi connectivity index (χ4v) is 3.59. The molecule has 0 fully saturated rings. The number of benzene rings is 1. The highest BCUT2D eigenvalue weighted by molar-refractivity contribution is 6.33. The zero-order valence-electron chi connectivity index (χ0n) is 16.1. The Morgan fingerprint density at radius 1 is 1.17 bits per heavy atom. The molecule has 10 heteroatoms. The number of carbonyl (C=O) groups excluding carboxylic acids is 4. The van der Waals surface area contributed by atoms with E-state index in [9.17, 15) is 29.4 Å². The summed E-state index contributed by atoms with van der Waals surface area (Å²) in [5.41, 5.74) is -0.532. The minimum absolute atomic E-state index is 0.0249. The number of aromatic hydroxyl groups is 2. The molecule has 1 unspecified atom stereocenters. The molecular weight excluding hydrogens is 418 g/mol. The van der Waals surface area contributed by atoms with Gasteiger partial charge in [0.2, 0.25) is 17.5 Å². The molecular formula is C20H18ClNO8. The summed E-state index contributed by atoms with van der Waals surface area (Å²) in [6.45, 7) is 1.49. The molecule has 0 spiro atoms. The van der Waals surface area contributed by atoms with Crippen molar-refractivity contribution in [3.8, 4) is 11.5 Å². The van der Waals surface area contributed by atoms with E-state index in [2.05, 4.69) is 5.32 Å². The topological polar surface area (TPSA) is 139 Å². The van der Waals surface area contributed by atoms with Crippen molar-refractivity contribution in [2.45, 2.75) is 32.3 Å². The molecule has 3 N–H and O–H groups in total. The first-order valence-electron chi connectivity index (χ1n) is 8.96. The first-order valence-corrected chi connectivity index (χ1v) is 9.33. The number of ether oxygens (including phenoxy) is 2. The molecule has 1 amide bonds. The molecule has 1 heterocycles. The number of cyclic esters (lactones) is 1. The van der Waals surface area contributed by atoms with Crippen molar-refractivity contribution in [1.29, 1.82) is 0 Å². The number of carbonyl (C=O) groups is 4. The first kappa shape index (κ1) is 21.4. The quantitative estimate of drug-likeness (QED) is 0.447. The number of esters is 1. The lowest BCUT2D eigenvalue weighted by Crippen LogP contribution is -2.33. The molecule has 1 aliphatic carbocycles. The van der Waals surface area contributed by atoms with E-state index in [0.717, 1.165) is 12.1 Å². The Labute approximate surface area is 175 Å². The van der Waals surface area contributed by atoms with Gasteiger partial charge in [0.25, 0.3) is 0 Å². The number of phenolic OH excluding ortho intramolecular Hbond substituents is 2. The minimum Gasteiger partial charge on any atom is -0.507 e. The largest absolute Gasteiger partial charge is 0.507 e. The van der Waals surface area contributed by atoms with Crippen LogP contribution in [0.15, 0.2) is 29.2 Å². The molecule has 30 heavy (non-hydrogen) atoms. The normalized spacial score (nSPS) is 20.2. The molecule has 2 aliphatic rings. The molecule has 1 aliphatic heterocycles. The smallest absolute Gasteiger partial charge is 0.342 e. The summed E-state index contributed by atoms with van der Waals surface area (Å²) in [6, 6.07) is 0.900. The number of hydrogen-bond acceptors (Lipinski definition) is 8. The first-order chi connectivity index (χ1) is 14.1. The van der Waals surface area contributed by atoms with E-state index >= 15 is 0 Å². The van der Waals surface area contributed by atoms with Gasteiger partial charge in [0, 0.05) is 25.0 Å². The lowest BCUT2D eigenvalue weighted by atomic mass is 9.94. The van der Waals surface area contributed by atoms with Gasteiger partial charge in [-0.3, -0.25) is 14.4 Å². The van der Waals surface area contributed by atoms with E-state index in [4.69, 9.17) is 21.1 Å². The van der Waals surface area contributed by atoms with E-state index in [1.807, 2.05) is 0 Å². The van der Waals surface area contributed by atoms with Gasteiger partial charge in [0.1, 0.15) is 23.2 Å². The van der Waals surface area contributed by atoms with Crippen molar-refractivity contribution >= 4 is 35.0 Å². The summed E-state index contributed by atoms with van der Waals surface area (Å²) < 4.78 is 10.4. The number of allylic oxidation sites excluding steroid dienone is 2. The fraction of sp³-hybridized carbons (Fsp3) is 0.300. The Kier molecular flexibility index (Phi) is 5.84. The molecule has 158 valence electrons. The summed E-state index contributed by atoms with van der Waals surface area (Å²) in [5, 5.41) is 22.3. The molecule has 0 aromatic heterocycles. The van der Waals surface area contributed by atoms with Crippen LogP contribution < -0.4 is 5.32 Å². The van der Waals surface area contributed by atoms with Crippen LogP contribution in [0.3, 0.4) is 0 Å². The number of rotatable bonds is 1. The van der Waals surface area contributed by atoms with Gasteiger partial charge in [0.05, 0.1) is 23.4 Å². The molecule has 1 aromatic carbocycles. The lowest BCUT2D eigenvalue weighted by Gasteiger charge is -2.21. The number of halogens is 1. The van der Waals surface area contributed by atoms with Crippen LogP contribution in [-0.2, 0) is 30.3 Å². The average Bonchev–Trinajstić information content (AvgIpc) is 2.66. The van der Waals surface area contributed by atoms with Crippen molar-refractivity contribution in [2.75, 3.05) is 7.11 Å². The SMILES string of the molecule is COC1=C2CC(C)OC(=O)c3c(O)cc(O)c(Cl)c3CCC(=O)NC(=CC1=O)C2=O. The van der Waals surface area contributed by atoms with Crippen LogP contribution in [0.2, 0.25) is 5.02 Å². The van der Waals surface area contributed by atoms with E-state index in [0.29, 0.717) is 0 Å². The zero-order valence-corrected chi connectivity index (χ0v) is 16.8. The average molecular weight is 436 g/mol. The Balaban J connectivity index is 2.10. The summed E-state index contributed by atoms with van der Waals surface area (Å²) >= 11 is 6.09. The highest BCUT2D eigenvalue weighted by Crippen LogP contribution is 2.38. The Bertz CT molecular complexity index is 1040. The lowest BCUT2D eigenvalue weighted by molar-refractivity contribution is -0.123. The van der Waals surface area contributed by atoms with Crippen LogP contribution >= 0.6 is 11.6 Å². The van der Waals surface area contributed by atoms with Crippen molar-refractivity contribution in [2.24, 2.45) is 0 Å². The third kappa shape index (κ3) is 3.88. The molecule has 0 saturated carbocycles. The van der Waals surface area contributed by atoms with E-state index in [1.54, 1.807) is 0 Å². The number of amides is 1. The number of hydrogen-bond donors (Lipinski definition) is 3. The summed E-state index contributed by atoms with van der Waals surface area (Å²) in [6.07, 6.45) is -0.503. The Morgan fingerprint density at radius 3 is 2.53 bits per heavy atom. The van der Waals surface area contributed by atoms with Gasteiger partial charge < -0.3 is 25.0 Å². The standard InChI is InChI=1S/C20H18ClNO8/c1-8-5-10-18(27)11(6-14(25)19(10)29-2)22-15(26)4-3-9-16(20(28)30-8)12(23)7-13(24)17(9)21/h6-8,23-24H,3-5H2,1-2H3,(H,22,26). The van der Waals surface area contributed by atoms with Crippen molar-refractivity contribution < 1.29 is 38.9 Å². The second-order valence-corrected chi connectivity index (χ2v) is 7.19. The third-order valence-corrected chi connectivity index (χ3v) is 5.12. The van der Waals surface area contributed by atoms with E-state index < -0.39 is 41.0 Å². The van der Waals surface area contributed by atoms with Gasteiger partial charge in [-0.1, -0.05) is 11.6 Å². The van der Waals surface area contributed by atoms with Crippen molar-refractivity contribution in [3.63, 3.8) is 0 Å². The predicted octanol–water partition coefficient (Wildman–Crippen LogP) is 1.69. The summed E-state index contributed by atoms with van der Waals surface area (Å²) in [4.78, 5) is 50.2. The third-order valence-electron chi connectivity index (χ3n) is 4.70. The fourth-order valence-electron chi connectivity index (χ4n) is 3.35. The summed E-state index contributed by atoms with van der Waals surface area (Å²) in [7, 11) is 1.23. The maximum atomic E-state index is 12.8. The molecule has 1 atom stereocenters. The Hall–Kier alpha value is -3.33. The van der Waals surface area contributed by atoms with Gasteiger partial charge in [-0.25, -0.2) is 4.79 Å². The molecule has 1 aromatic rings. The molecule has 0 saturated heterocycles. The maximum absolute atomic E-state index is 12.8. The molecule has 2 bridgehead atoms. The number of methoxy groups -OCH3 is 1. The van der Waals surface area contributed by atoms with Gasteiger partial charge in [-0.05, 0) is 18.9 Å². The van der Waals surface area contributed by atoms with Gasteiger partial charge in [-0.15, -0.1) is 0 Å². The van der Waals surface area contributed by atoms with E-state index in [1.165, 1.54) is 14.0 Å². The van der Waals surface area contributed by atoms with Crippen LogP contribution in [0.1, 0.15) is 35.7 Å². The van der Waals surface area contributed by atoms with Crippen LogP contribution in [0.25, 0.3) is 0 Å². The van der Waals surface area contributed by atoms with E-state index in [-0.39, 0.29) is 52.4 Å². The van der Waals surface area contributed by atoms with Crippen LogP contribution in [0, 0.1) is 0 Å². The van der Waals surface area contributed by atoms with Gasteiger partial charge in [0.15, 0.2) is 5.76 Å². The van der Waals surface area contributed by atoms with Crippen LogP contribution in [-0.4, -0.2) is 46.9 Å². The van der Waals surface area contributed by atoms with Crippen molar-refractivity contribution in [1.82, 2.24) is 5.32 Å². The van der Waals surface area contributed by atoms with Crippen LogP contribution in [0.5, 0.6) is 11.5 Å². The second kappa shape index (κ2) is 8.19. The highest BCUT2D eigenvalue weighted by atomic mass is 35.5. The second-order valence-electron chi connectivity index (χ2n) is 6.81. The number of ketones is 2. The molecule has 9 nitrogen and oxygen atoms in total. The van der Waals surface area contributed by atoms with Gasteiger partial charge >= 0.3 is 5.97 Å². The predicted molar refractivity (Wildman–Crippen MR) is 103 cm³/mol. The Morgan fingerprint density at radius 2 is 1.87 bits per heavy atom. The van der Waals surface area contributed by atoms with Crippen molar-refractivity contribution in [3.05, 3.63) is 45.3 Å². The summed E-state index contributed by atoms with van der Waals surface area (Å²) in [5.74, 6) is -4.05. The maximum Gasteiger partial charge on any atom is 0.342 e. The van der Waals surface area contributed by atoms with Gasteiger partial charge in [-0.2, -0.15) is 0 Å². The number of fused-ring (bicyclic) bond motifs is 3. The number of nitrogens with one attached hydrogen (secondary N) is 1.